The number of halogens is 4. The summed E-state index contributed by atoms with van der Waals surface area (Å²) < 4.78 is 38.1. The van der Waals surface area contributed by atoms with Crippen molar-refractivity contribution in [3.8, 4) is 0 Å². The van der Waals surface area contributed by atoms with Gasteiger partial charge in [-0.25, -0.2) is 8.42 Å². The summed E-state index contributed by atoms with van der Waals surface area (Å²) >= 11 is 24.6. The summed E-state index contributed by atoms with van der Waals surface area (Å²) in [6, 6.07) is 14.2. The Morgan fingerprint density at radius 1 is 0.825 bits per heavy atom. The number of fused-ring (bicyclic) bond motifs is 1. The van der Waals surface area contributed by atoms with Gasteiger partial charge in [-0.3, -0.25) is 4.98 Å². The first kappa shape index (κ1) is 32.6. The van der Waals surface area contributed by atoms with E-state index in [0.717, 1.165) is 27.5 Å². The minimum Gasteiger partial charge on any atom is -0.354 e. The molecule has 0 radical (unpaired) electrons. The number of hydrogen-bond donors (Lipinski definition) is 0. The second kappa shape index (κ2) is 14.3. The number of methoxy groups -OCH3 is 2. The van der Waals surface area contributed by atoms with Gasteiger partial charge in [-0.1, -0.05) is 76.2 Å². The number of ether oxygens (including phenoxy) is 2. The number of benzene rings is 3. The summed E-state index contributed by atoms with van der Waals surface area (Å²) in [7, 11) is -0.882. The van der Waals surface area contributed by atoms with Crippen molar-refractivity contribution < 1.29 is 17.9 Å². The zero-order valence-corrected chi connectivity index (χ0v) is 26.6. The molecule has 11 heteroatoms. The molecule has 6 nitrogen and oxygen atoms in total. The lowest BCUT2D eigenvalue weighted by molar-refractivity contribution is -0.108. The molecule has 0 amide bonds. The van der Waals surface area contributed by atoms with E-state index < -0.39 is 16.3 Å². The van der Waals surface area contributed by atoms with Crippen LogP contribution in [0.1, 0.15) is 22.3 Å². The number of sulfonamides is 1. The average molecular weight is 644 g/mol. The molecular weight excluding hydrogens is 614 g/mol. The Hall–Kier alpha value is -1.94. The molecule has 0 N–H and O–H groups in total. The minimum atomic E-state index is -3.80. The van der Waals surface area contributed by atoms with Gasteiger partial charge in [-0.05, 0) is 67.1 Å². The Morgan fingerprint density at radius 3 is 2.08 bits per heavy atom. The highest BCUT2D eigenvalue weighted by atomic mass is 35.5. The van der Waals surface area contributed by atoms with Crippen molar-refractivity contribution in [2.24, 2.45) is 0 Å². The van der Waals surface area contributed by atoms with Gasteiger partial charge in [-0.15, -0.1) is 0 Å². The monoisotopic (exact) mass is 642 g/mol. The van der Waals surface area contributed by atoms with Gasteiger partial charge in [0.1, 0.15) is 0 Å². The number of pyridine rings is 1. The molecule has 0 unspecified atom stereocenters. The maximum Gasteiger partial charge on any atom is 0.243 e. The van der Waals surface area contributed by atoms with Crippen molar-refractivity contribution in [1.29, 1.82) is 0 Å². The van der Waals surface area contributed by atoms with E-state index in [1.807, 2.05) is 39.0 Å². The molecule has 4 aromatic rings. The third-order valence-corrected chi connectivity index (χ3v) is 10.1. The largest absolute Gasteiger partial charge is 0.354 e. The molecule has 0 aliphatic heterocycles. The second-order valence-corrected chi connectivity index (χ2v) is 12.5. The SMILES string of the molecule is COC(CN(Cc1ccc(C)c(Cl)c1Cl)S(=O)(=O)c1ccc(C)cc1)OC.Cc1cc2ccncc2c(Cl)c1Cl. The first-order chi connectivity index (χ1) is 18.9. The summed E-state index contributed by atoms with van der Waals surface area (Å²) in [5, 5.41) is 3.93. The van der Waals surface area contributed by atoms with Crippen molar-refractivity contribution in [2.75, 3.05) is 20.8 Å². The molecule has 40 heavy (non-hydrogen) atoms. The van der Waals surface area contributed by atoms with Gasteiger partial charge in [0.05, 0.1) is 31.5 Å². The van der Waals surface area contributed by atoms with Gasteiger partial charge in [-0.2, -0.15) is 4.31 Å². The van der Waals surface area contributed by atoms with E-state index in [9.17, 15) is 8.42 Å². The van der Waals surface area contributed by atoms with E-state index in [-0.39, 0.29) is 18.0 Å². The second-order valence-electron chi connectivity index (χ2n) is 9.10. The fourth-order valence-electron chi connectivity index (χ4n) is 3.82. The molecule has 0 aliphatic rings. The minimum absolute atomic E-state index is 0.00499. The lowest BCUT2D eigenvalue weighted by atomic mass is 10.1. The van der Waals surface area contributed by atoms with Crippen LogP contribution in [-0.2, 0) is 26.0 Å². The number of aryl methyl sites for hydroxylation is 3. The summed E-state index contributed by atoms with van der Waals surface area (Å²) in [6.45, 7) is 5.72. The van der Waals surface area contributed by atoms with E-state index in [1.54, 1.807) is 42.7 Å². The zero-order valence-electron chi connectivity index (χ0n) is 22.7. The molecule has 0 fully saturated rings. The fraction of sp³-hybridized carbons (Fsp3) is 0.276. The molecule has 1 aromatic heterocycles. The van der Waals surface area contributed by atoms with Gasteiger partial charge in [0.2, 0.25) is 10.0 Å². The number of nitrogens with zero attached hydrogens (tertiary/aromatic N) is 2. The quantitative estimate of drug-likeness (QED) is 0.181. The van der Waals surface area contributed by atoms with Crippen LogP contribution in [0.4, 0.5) is 0 Å². The highest BCUT2D eigenvalue weighted by molar-refractivity contribution is 7.89. The van der Waals surface area contributed by atoms with Crippen LogP contribution in [0.5, 0.6) is 0 Å². The van der Waals surface area contributed by atoms with Gasteiger partial charge >= 0.3 is 0 Å². The van der Waals surface area contributed by atoms with Gasteiger partial charge in [0.25, 0.3) is 0 Å². The van der Waals surface area contributed by atoms with Gasteiger partial charge in [0, 0.05) is 38.5 Å². The smallest absolute Gasteiger partial charge is 0.243 e. The Kier molecular flexibility index (Phi) is 11.6. The summed E-state index contributed by atoms with van der Waals surface area (Å²) in [4.78, 5) is 4.19. The van der Waals surface area contributed by atoms with E-state index in [0.29, 0.717) is 25.7 Å². The van der Waals surface area contributed by atoms with Crippen LogP contribution in [0.25, 0.3) is 10.8 Å². The molecule has 0 bridgehead atoms. The summed E-state index contributed by atoms with van der Waals surface area (Å²) in [5.41, 5.74) is 3.39. The standard InChI is InChI=1S/C19H23Cl2NO4S.C10H7Cl2N/c1-13-5-9-16(10-6-13)27(23,24)22(12-17(25-3)26-4)11-15-8-7-14(2)18(20)19(15)21;1-6-4-7-2-3-13-5-8(7)10(12)9(6)11/h5-10,17H,11-12H2,1-4H3;2-5H,1H3. The predicted octanol–water partition coefficient (Wildman–Crippen LogP) is 8.27. The van der Waals surface area contributed by atoms with Crippen LogP contribution in [0, 0.1) is 20.8 Å². The number of aromatic nitrogens is 1. The van der Waals surface area contributed by atoms with Crippen LogP contribution in [-0.4, -0.2) is 44.8 Å². The molecule has 214 valence electrons. The van der Waals surface area contributed by atoms with Crippen molar-refractivity contribution in [1.82, 2.24) is 9.29 Å². The van der Waals surface area contributed by atoms with Crippen molar-refractivity contribution in [3.63, 3.8) is 0 Å². The van der Waals surface area contributed by atoms with E-state index in [4.69, 9.17) is 55.9 Å². The topological polar surface area (TPSA) is 68.7 Å². The fourth-order valence-corrected chi connectivity index (χ4v) is 6.14. The van der Waals surface area contributed by atoms with E-state index in [2.05, 4.69) is 4.98 Å². The van der Waals surface area contributed by atoms with E-state index >= 15 is 0 Å². The molecule has 3 aromatic carbocycles. The number of hydrogen-bond acceptors (Lipinski definition) is 5. The van der Waals surface area contributed by atoms with Crippen LogP contribution in [0.15, 0.2) is 65.8 Å². The number of rotatable bonds is 8. The predicted molar refractivity (Wildman–Crippen MR) is 164 cm³/mol. The van der Waals surface area contributed by atoms with Crippen LogP contribution in [0.2, 0.25) is 20.1 Å². The highest BCUT2D eigenvalue weighted by Crippen LogP contribution is 2.33. The van der Waals surface area contributed by atoms with Gasteiger partial charge in [0.15, 0.2) is 6.29 Å². The average Bonchev–Trinajstić information content (AvgIpc) is 2.94. The Labute approximate surface area is 255 Å². The molecule has 0 spiro atoms. The third-order valence-electron chi connectivity index (χ3n) is 6.24. The Bertz CT molecular complexity index is 1580. The molecule has 0 aliphatic carbocycles. The normalized spacial score (nSPS) is 11.7. The lowest BCUT2D eigenvalue weighted by Gasteiger charge is -2.26. The van der Waals surface area contributed by atoms with E-state index in [1.165, 1.54) is 18.5 Å². The molecule has 0 atom stereocenters. The lowest BCUT2D eigenvalue weighted by Crippen LogP contribution is -2.38. The molecular formula is C29H30Cl4N2O4S. The summed E-state index contributed by atoms with van der Waals surface area (Å²) in [6.07, 6.45) is 2.75. The van der Waals surface area contributed by atoms with Crippen LogP contribution >= 0.6 is 46.4 Å². The first-order valence-corrected chi connectivity index (χ1v) is 15.1. The van der Waals surface area contributed by atoms with Gasteiger partial charge < -0.3 is 9.47 Å². The first-order valence-electron chi connectivity index (χ1n) is 12.1. The molecule has 4 rings (SSSR count). The van der Waals surface area contributed by atoms with Crippen molar-refractivity contribution in [2.45, 2.75) is 38.5 Å². The Balaban J connectivity index is 0.000000281. The maximum absolute atomic E-state index is 13.2. The molecule has 0 saturated carbocycles. The Morgan fingerprint density at radius 2 is 1.45 bits per heavy atom. The van der Waals surface area contributed by atoms with Crippen molar-refractivity contribution in [3.05, 3.63) is 103 Å². The van der Waals surface area contributed by atoms with Crippen LogP contribution < -0.4 is 0 Å². The summed E-state index contributed by atoms with van der Waals surface area (Å²) in [5.74, 6) is 0. The molecule has 0 saturated heterocycles. The van der Waals surface area contributed by atoms with Crippen molar-refractivity contribution >= 4 is 67.2 Å². The molecule has 1 heterocycles. The van der Waals surface area contributed by atoms with Crippen LogP contribution in [0.3, 0.4) is 0 Å². The zero-order chi connectivity index (χ0) is 29.6. The highest BCUT2D eigenvalue weighted by Gasteiger charge is 2.28. The third kappa shape index (κ3) is 7.66. The maximum atomic E-state index is 13.2.